The molecule has 1 amide bonds. The predicted molar refractivity (Wildman–Crippen MR) is 87.4 cm³/mol. The van der Waals surface area contributed by atoms with Crippen LogP contribution in [0.15, 0.2) is 12.5 Å². The fourth-order valence-electron chi connectivity index (χ4n) is 2.76. The van der Waals surface area contributed by atoms with Crippen molar-refractivity contribution in [2.24, 2.45) is 0 Å². The Labute approximate surface area is 141 Å². The van der Waals surface area contributed by atoms with Gasteiger partial charge in [0.1, 0.15) is 11.6 Å². The van der Waals surface area contributed by atoms with E-state index in [2.05, 4.69) is 15.3 Å². The number of likely N-dealkylation sites (tertiary alicyclic amines) is 1. The zero-order chi connectivity index (χ0) is 17.7. The monoisotopic (exact) mass is 338 g/mol. The summed E-state index contributed by atoms with van der Waals surface area (Å²) in [6.45, 7) is 6.74. The molecule has 1 aromatic heterocycles. The Kier molecular flexibility index (Phi) is 5.82. The van der Waals surface area contributed by atoms with Gasteiger partial charge >= 0.3 is 12.1 Å². The molecular weight excluding hydrogens is 312 g/mol. The van der Waals surface area contributed by atoms with Crippen molar-refractivity contribution in [1.29, 1.82) is 0 Å². The fourth-order valence-corrected chi connectivity index (χ4v) is 2.76. The number of methoxy groups -OCH3 is 1. The van der Waals surface area contributed by atoms with Gasteiger partial charge in [0, 0.05) is 31.7 Å². The number of carbonyl (C=O) groups is 2. The second kappa shape index (κ2) is 7.65. The number of ether oxygens (including phenoxy) is 2. The van der Waals surface area contributed by atoms with Crippen molar-refractivity contribution in [2.75, 3.05) is 20.2 Å². The van der Waals surface area contributed by atoms with Gasteiger partial charge in [-0.1, -0.05) is 0 Å². The summed E-state index contributed by atoms with van der Waals surface area (Å²) in [4.78, 5) is 33.1. The summed E-state index contributed by atoms with van der Waals surface area (Å²) in [5.41, 5.74) is 0.269. The third-order valence-electron chi connectivity index (χ3n) is 3.81. The number of nitrogens with one attached hydrogen (secondary N) is 2. The standard InChI is InChI=1S/C16H26N4O4/c1-16(2,3)24-15(22)19-11-5-6-20(9-11)13(14(21)23-4)7-12-8-17-10-18-12/h8,10-11,13H,5-7,9H2,1-4H3,(H,17,18)(H,19,22)/t11-,13-/m0/s1. The van der Waals surface area contributed by atoms with E-state index in [1.807, 2.05) is 25.7 Å². The van der Waals surface area contributed by atoms with Gasteiger partial charge in [0.25, 0.3) is 0 Å². The molecule has 2 rings (SSSR count). The minimum atomic E-state index is -0.531. The summed E-state index contributed by atoms with van der Waals surface area (Å²) >= 11 is 0. The van der Waals surface area contributed by atoms with Crippen molar-refractivity contribution in [3.05, 3.63) is 18.2 Å². The van der Waals surface area contributed by atoms with Crippen LogP contribution in [0.25, 0.3) is 0 Å². The quantitative estimate of drug-likeness (QED) is 0.780. The van der Waals surface area contributed by atoms with Crippen molar-refractivity contribution in [3.63, 3.8) is 0 Å². The number of amides is 1. The van der Waals surface area contributed by atoms with E-state index in [9.17, 15) is 9.59 Å². The van der Waals surface area contributed by atoms with Gasteiger partial charge in [-0.3, -0.25) is 9.69 Å². The van der Waals surface area contributed by atoms with Crippen LogP contribution >= 0.6 is 0 Å². The average molecular weight is 338 g/mol. The lowest BCUT2D eigenvalue weighted by atomic mass is 10.1. The van der Waals surface area contributed by atoms with Gasteiger partial charge in [-0.2, -0.15) is 0 Å². The number of nitrogens with zero attached hydrogens (tertiary/aromatic N) is 2. The van der Waals surface area contributed by atoms with Gasteiger partial charge in [-0.25, -0.2) is 9.78 Å². The molecule has 0 aliphatic carbocycles. The maximum atomic E-state index is 12.1. The molecule has 0 aromatic carbocycles. The summed E-state index contributed by atoms with van der Waals surface area (Å²) in [6.07, 6.45) is 4.14. The van der Waals surface area contributed by atoms with E-state index < -0.39 is 17.7 Å². The first-order chi connectivity index (χ1) is 11.3. The van der Waals surface area contributed by atoms with Crippen LogP contribution in [0.2, 0.25) is 0 Å². The van der Waals surface area contributed by atoms with Crippen molar-refractivity contribution < 1.29 is 19.1 Å². The van der Waals surface area contributed by atoms with Crippen LogP contribution in [-0.2, 0) is 20.7 Å². The molecule has 0 radical (unpaired) electrons. The predicted octanol–water partition coefficient (Wildman–Crippen LogP) is 1.09. The van der Waals surface area contributed by atoms with Gasteiger partial charge < -0.3 is 19.8 Å². The molecule has 1 aromatic rings. The van der Waals surface area contributed by atoms with E-state index in [1.54, 1.807) is 12.5 Å². The SMILES string of the molecule is COC(=O)[C@H](Cc1c[nH]cn1)N1CC[C@H](NC(=O)OC(C)(C)C)C1. The molecule has 1 fully saturated rings. The molecule has 8 nitrogen and oxygen atoms in total. The van der Waals surface area contributed by atoms with E-state index >= 15 is 0 Å². The summed E-state index contributed by atoms with van der Waals surface area (Å²) in [5, 5.41) is 2.86. The Morgan fingerprint density at radius 1 is 1.50 bits per heavy atom. The lowest BCUT2D eigenvalue weighted by molar-refractivity contribution is -0.146. The van der Waals surface area contributed by atoms with Gasteiger partial charge in [0.15, 0.2) is 0 Å². The number of hydrogen-bond donors (Lipinski definition) is 2. The number of alkyl carbamates (subject to hydrolysis) is 1. The number of H-pyrrole nitrogens is 1. The number of rotatable bonds is 5. The van der Waals surface area contributed by atoms with Crippen LogP contribution in [0.5, 0.6) is 0 Å². The topological polar surface area (TPSA) is 96.5 Å². The molecule has 2 N–H and O–H groups in total. The van der Waals surface area contributed by atoms with Gasteiger partial charge in [0.05, 0.1) is 19.1 Å². The average Bonchev–Trinajstić information content (AvgIpc) is 3.13. The third-order valence-corrected chi connectivity index (χ3v) is 3.81. The Morgan fingerprint density at radius 3 is 2.83 bits per heavy atom. The molecule has 1 aliphatic heterocycles. The number of carbonyl (C=O) groups excluding carboxylic acids is 2. The molecule has 2 atom stereocenters. The van der Waals surface area contributed by atoms with Crippen LogP contribution in [0.1, 0.15) is 32.9 Å². The van der Waals surface area contributed by atoms with Gasteiger partial charge in [0.2, 0.25) is 0 Å². The van der Waals surface area contributed by atoms with Crippen LogP contribution in [0, 0.1) is 0 Å². The highest BCUT2D eigenvalue weighted by molar-refractivity contribution is 5.76. The number of hydrogen-bond acceptors (Lipinski definition) is 6. The lowest BCUT2D eigenvalue weighted by Crippen LogP contribution is -2.45. The molecule has 8 heteroatoms. The number of imidazole rings is 1. The minimum Gasteiger partial charge on any atom is -0.468 e. The number of aromatic nitrogens is 2. The minimum absolute atomic E-state index is 0.0498. The molecular formula is C16H26N4O4. The molecule has 24 heavy (non-hydrogen) atoms. The molecule has 1 saturated heterocycles. The molecule has 134 valence electrons. The summed E-state index contributed by atoms with van der Waals surface area (Å²) in [7, 11) is 1.38. The van der Waals surface area contributed by atoms with Crippen LogP contribution < -0.4 is 5.32 Å². The zero-order valence-electron chi connectivity index (χ0n) is 14.7. The molecule has 0 unspecified atom stereocenters. The van der Waals surface area contributed by atoms with E-state index in [-0.39, 0.29) is 12.0 Å². The first-order valence-corrected chi connectivity index (χ1v) is 8.07. The number of esters is 1. The maximum Gasteiger partial charge on any atom is 0.407 e. The molecule has 0 bridgehead atoms. The Bertz CT molecular complexity index is 553. The molecule has 1 aliphatic rings. The van der Waals surface area contributed by atoms with Crippen LogP contribution in [0.4, 0.5) is 4.79 Å². The van der Waals surface area contributed by atoms with E-state index in [4.69, 9.17) is 9.47 Å². The van der Waals surface area contributed by atoms with Crippen molar-refractivity contribution in [3.8, 4) is 0 Å². The first kappa shape index (κ1) is 18.3. The summed E-state index contributed by atoms with van der Waals surface area (Å²) in [5.74, 6) is -0.295. The Hall–Kier alpha value is -2.09. The Morgan fingerprint density at radius 2 is 2.25 bits per heavy atom. The van der Waals surface area contributed by atoms with E-state index in [0.717, 1.165) is 12.1 Å². The smallest absolute Gasteiger partial charge is 0.407 e. The highest BCUT2D eigenvalue weighted by Crippen LogP contribution is 2.17. The highest BCUT2D eigenvalue weighted by Gasteiger charge is 2.34. The zero-order valence-corrected chi connectivity index (χ0v) is 14.7. The lowest BCUT2D eigenvalue weighted by Gasteiger charge is -2.25. The van der Waals surface area contributed by atoms with Crippen LogP contribution in [0.3, 0.4) is 0 Å². The fraction of sp³-hybridized carbons (Fsp3) is 0.688. The highest BCUT2D eigenvalue weighted by atomic mass is 16.6. The second-order valence-electron chi connectivity index (χ2n) is 6.93. The van der Waals surface area contributed by atoms with Gasteiger partial charge in [-0.15, -0.1) is 0 Å². The molecule has 2 heterocycles. The first-order valence-electron chi connectivity index (χ1n) is 8.07. The third kappa shape index (κ3) is 5.23. The van der Waals surface area contributed by atoms with Crippen LogP contribution in [-0.4, -0.2) is 64.8 Å². The second-order valence-corrected chi connectivity index (χ2v) is 6.93. The molecule has 0 saturated carbocycles. The van der Waals surface area contributed by atoms with Crippen molar-refractivity contribution in [1.82, 2.24) is 20.2 Å². The normalized spacial score (nSPS) is 19.8. The van der Waals surface area contributed by atoms with E-state index in [1.165, 1.54) is 7.11 Å². The van der Waals surface area contributed by atoms with Gasteiger partial charge in [-0.05, 0) is 27.2 Å². The Balaban J connectivity index is 1.93. The van der Waals surface area contributed by atoms with Crippen molar-refractivity contribution in [2.45, 2.75) is 51.3 Å². The largest absolute Gasteiger partial charge is 0.468 e. The van der Waals surface area contributed by atoms with Crippen molar-refractivity contribution >= 4 is 12.1 Å². The summed E-state index contributed by atoms with van der Waals surface area (Å²) in [6, 6.07) is -0.463. The number of aromatic amines is 1. The van der Waals surface area contributed by atoms with E-state index in [0.29, 0.717) is 19.5 Å². The molecule has 0 spiro atoms. The summed E-state index contributed by atoms with van der Waals surface area (Å²) < 4.78 is 10.2. The maximum absolute atomic E-state index is 12.1.